The Morgan fingerprint density at radius 2 is 1.86 bits per heavy atom. The SMILES string of the molecule is COCc1nc(C(C)C)c(Sc2cc(Cl)cc(Cl)c2)n1Cc1ccc(OCP(=O)(O)O)cn1.NC=O. The van der Waals surface area contributed by atoms with E-state index in [0.717, 1.165) is 27.1 Å². The van der Waals surface area contributed by atoms with Crippen molar-refractivity contribution in [3.8, 4) is 5.75 Å². The number of methoxy groups -OCH3 is 1. The topological polar surface area (TPSA) is 150 Å². The van der Waals surface area contributed by atoms with Crippen molar-refractivity contribution in [1.82, 2.24) is 14.5 Å². The van der Waals surface area contributed by atoms with Crippen LogP contribution in [0.5, 0.6) is 5.75 Å². The lowest BCUT2D eigenvalue weighted by molar-refractivity contribution is -0.106. The van der Waals surface area contributed by atoms with Crippen molar-refractivity contribution in [2.24, 2.45) is 5.73 Å². The largest absolute Gasteiger partial charge is 0.479 e. The molecule has 0 spiro atoms. The van der Waals surface area contributed by atoms with Gasteiger partial charge in [0.2, 0.25) is 6.41 Å². The molecule has 0 unspecified atom stereocenters. The Labute approximate surface area is 223 Å². The van der Waals surface area contributed by atoms with Crippen LogP contribution in [0, 0.1) is 0 Å². The number of rotatable bonds is 10. The fraction of sp³-hybridized carbons (Fsp3) is 0.318. The number of nitrogens with zero attached hydrogens (tertiary/aromatic N) is 3. The number of amides is 1. The van der Waals surface area contributed by atoms with E-state index >= 15 is 0 Å². The molecule has 14 heteroatoms. The third-order valence-corrected chi connectivity index (χ3v) is 6.41. The molecule has 1 aromatic carbocycles. The third-order valence-electron chi connectivity index (χ3n) is 4.41. The van der Waals surface area contributed by atoms with Crippen LogP contribution in [0.25, 0.3) is 0 Å². The predicted octanol–water partition coefficient (Wildman–Crippen LogP) is 4.67. The van der Waals surface area contributed by atoms with Crippen LogP contribution >= 0.6 is 42.6 Å². The van der Waals surface area contributed by atoms with Crippen LogP contribution in [-0.4, -0.2) is 44.2 Å². The minimum absolute atomic E-state index is 0.162. The van der Waals surface area contributed by atoms with Gasteiger partial charge in [0.05, 0.1) is 24.1 Å². The van der Waals surface area contributed by atoms with Crippen LogP contribution in [0.15, 0.2) is 46.5 Å². The van der Waals surface area contributed by atoms with Gasteiger partial charge >= 0.3 is 7.60 Å². The quantitative estimate of drug-likeness (QED) is 0.231. The Bertz CT molecular complexity index is 1180. The Balaban J connectivity index is 0.00000145. The van der Waals surface area contributed by atoms with Crippen molar-refractivity contribution in [2.75, 3.05) is 13.5 Å². The number of nitrogens with two attached hydrogens (primary N) is 1. The van der Waals surface area contributed by atoms with Crippen molar-refractivity contribution in [2.45, 2.75) is 42.8 Å². The lowest BCUT2D eigenvalue weighted by Gasteiger charge is -2.14. The standard InChI is InChI=1S/C21H24Cl2N3O5PS.CH3NO/c1-13(2)20-21(33-18-7-14(22)6-15(23)8-18)26(19(25-20)11-30-3)10-16-4-5-17(9-24-16)31-12-32(27,28)29;2-1-3/h4-9,13H,10-12H2,1-3H3,(H2,27,28,29);1H,(H2,2,3). The molecule has 3 aromatic rings. The first kappa shape index (κ1) is 30.1. The van der Waals surface area contributed by atoms with Gasteiger partial charge in [-0.05, 0) is 36.2 Å². The molecular weight excluding hydrogens is 550 g/mol. The minimum atomic E-state index is -4.26. The van der Waals surface area contributed by atoms with Crippen molar-refractivity contribution in [3.05, 3.63) is 63.8 Å². The molecule has 0 aliphatic carbocycles. The van der Waals surface area contributed by atoms with Crippen LogP contribution in [0.1, 0.15) is 37.0 Å². The number of aromatic nitrogens is 3. The van der Waals surface area contributed by atoms with Crippen LogP contribution in [0.2, 0.25) is 10.0 Å². The summed E-state index contributed by atoms with van der Waals surface area (Å²) in [5.74, 6) is 1.19. The second-order valence-electron chi connectivity index (χ2n) is 7.66. The van der Waals surface area contributed by atoms with Gasteiger partial charge in [0.25, 0.3) is 0 Å². The van der Waals surface area contributed by atoms with Gasteiger partial charge < -0.3 is 29.6 Å². The number of ether oxygens (including phenoxy) is 2. The molecule has 0 aliphatic rings. The molecule has 0 fully saturated rings. The van der Waals surface area contributed by atoms with E-state index in [0.29, 0.717) is 23.2 Å². The van der Waals surface area contributed by atoms with Crippen LogP contribution < -0.4 is 10.5 Å². The van der Waals surface area contributed by atoms with Crippen molar-refractivity contribution >= 4 is 49.0 Å². The zero-order valence-corrected chi connectivity index (χ0v) is 23.0. The van der Waals surface area contributed by atoms with Crippen molar-refractivity contribution < 1.29 is 28.6 Å². The van der Waals surface area contributed by atoms with Crippen LogP contribution in [0.4, 0.5) is 0 Å². The number of pyridine rings is 1. The second-order valence-corrected chi connectivity index (χ2v) is 11.2. The molecule has 4 N–H and O–H groups in total. The molecule has 196 valence electrons. The molecule has 3 rings (SSSR count). The van der Waals surface area contributed by atoms with Gasteiger partial charge in [0.15, 0.2) is 6.35 Å². The summed E-state index contributed by atoms with van der Waals surface area (Å²) >= 11 is 13.9. The average Bonchev–Trinajstić information content (AvgIpc) is 3.10. The molecule has 1 amide bonds. The first-order valence-electron chi connectivity index (χ1n) is 10.5. The lowest BCUT2D eigenvalue weighted by Crippen LogP contribution is -2.09. The highest BCUT2D eigenvalue weighted by atomic mass is 35.5. The molecular formula is C22H27Cl2N4O6PS. The van der Waals surface area contributed by atoms with Crippen molar-refractivity contribution in [1.29, 1.82) is 0 Å². The molecule has 36 heavy (non-hydrogen) atoms. The normalized spacial score (nSPS) is 11.2. The van der Waals surface area contributed by atoms with Gasteiger partial charge in [-0.2, -0.15) is 0 Å². The fourth-order valence-corrected chi connectivity index (χ4v) is 5.23. The summed E-state index contributed by atoms with van der Waals surface area (Å²) in [6.07, 6.45) is 0.985. The molecule has 0 saturated heterocycles. The number of carbonyl (C=O) groups is 1. The Kier molecular flexibility index (Phi) is 11.7. The molecule has 0 aliphatic heterocycles. The van der Waals surface area contributed by atoms with Crippen molar-refractivity contribution in [3.63, 3.8) is 0 Å². The average molecular weight is 577 g/mol. The fourth-order valence-electron chi connectivity index (χ4n) is 3.00. The highest BCUT2D eigenvalue weighted by Crippen LogP contribution is 2.38. The Morgan fingerprint density at radius 3 is 2.36 bits per heavy atom. The van der Waals surface area contributed by atoms with E-state index in [-0.39, 0.29) is 18.1 Å². The number of hydrogen-bond acceptors (Lipinski definition) is 7. The zero-order valence-electron chi connectivity index (χ0n) is 19.8. The summed E-state index contributed by atoms with van der Waals surface area (Å²) < 4.78 is 23.5. The maximum atomic E-state index is 11.0. The van der Waals surface area contributed by atoms with E-state index in [4.69, 9.17) is 52.2 Å². The first-order chi connectivity index (χ1) is 17.0. The van der Waals surface area contributed by atoms with E-state index in [1.807, 2.05) is 16.7 Å². The first-order valence-corrected chi connectivity index (χ1v) is 13.8. The molecule has 2 aromatic heterocycles. The van der Waals surface area contributed by atoms with E-state index in [1.165, 1.54) is 18.0 Å². The van der Waals surface area contributed by atoms with E-state index in [1.54, 1.807) is 25.3 Å². The number of primary amides is 1. The number of imidazole rings is 1. The molecule has 10 nitrogen and oxygen atoms in total. The summed E-state index contributed by atoms with van der Waals surface area (Å²) in [6.45, 7) is 4.88. The predicted molar refractivity (Wildman–Crippen MR) is 139 cm³/mol. The highest BCUT2D eigenvalue weighted by molar-refractivity contribution is 7.99. The monoisotopic (exact) mass is 576 g/mol. The molecule has 0 saturated carbocycles. The second kappa shape index (κ2) is 14.0. The zero-order chi connectivity index (χ0) is 26.9. The highest BCUT2D eigenvalue weighted by Gasteiger charge is 2.21. The summed E-state index contributed by atoms with van der Waals surface area (Å²) in [7, 11) is -2.65. The number of benzene rings is 1. The minimum Gasteiger partial charge on any atom is -0.479 e. The van der Waals surface area contributed by atoms with Gasteiger partial charge in [-0.3, -0.25) is 14.3 Å². The summed E-state index contributed by atoms with van der Waals surface area (Å²) in [5.41, 5.74) is 5.80. The van der Waals surface area contributed by atoms with Gasteiger partial charge in [0.1, 0.15) is 23.2 Å². The molecule has 0 radical (unpaired) electrons. The van der Waals surface area contributed by atoms with Gasteiger partial charge in [-0.15, -0.1) is 0 Å². The third kappa shape index (κ3) is 9.40. The Hall–Kier alpha value is -2.11. The number of hydrogen-bond donors (Lipinski definition) is 3. The van der Waals surface area contributed by atoms with Crippen LogP contribution in [0.3, 0.4) is 0 Å². The number of halogens is 2. The summed E-state index contributed by atoms with van der Waals surface area (Å²) in [6, 6.07) is 8.75. The number of carbonyl (C=O) groups excluding carboxylic acids is 1. The van der Waals surface area contributed by atoms with E-state index in [9.17, 15) is 4.57 Å². The summed E-state index contributed by atoms with van der Waals surface area (Å²) in [5, 5.41) is 2.03. The maximum Gasteiger partial charge on any atom is 0.362 e. The maximum absolute atomic E-state index is 11.0. The van der Waals surface area contributed by atoms with Gasteiger partial charge in [-0.1, -0.05) is 48.8 Å². The lowest BCUT2D eigenvalue weighted by atomic mass is 10.1. The summed E-state index contributed by atoms with van der Waals surface area (Å²) in [4.78, 5) is 36.6. The molecule has 0 atom stereocenters. The Morgan fingerprint density at radius 1 is 1.22 bits per heavy atom. The van der Waals surface area contributed by atoms with E-state index in [2.05, 4.69) is 24.6 Å². The molecule has 2 heterocycles. The van der Waals surface area contributed by atoms with E-state index < -0.39 is 13.9 Å². The van der Waals surface area contributed by atoms with Gasteiger partial charge in [0, 0.05) is 22.1 Å². The van der Waals surface area contributed by atoms with Gasteiger partial charge in [-0.25, -0.2) is 4.98 Å². The van der Waals surface area contributed by atoms with Crippen LogP contribution in [-0.2, 0) is 27.2 Å². The molecule has 0 bridgehead atoms. The smallest absolute Gasteiger partial charge is 0.362 e.